The number of hydrogen-bond donors (Lipinski definition) is 0. The first-order valence-electron chi connectivity index (χ1n) is 8.55. The fraction of sp³-hybridized carbons (Fsp3) is 0.182. The van der Waals surface area contributed by atoms with E-state index in [4.69, 9.17) is 17.0 Å². The molecule has 0 aromatic heterocycles. The van der Waals surface area contributed by atoms with Gasteiger partial charge in [0, 0.05) is 9.52 Å². The predicted octanol–water partition coefficient (Wildman–Crippen LogP) is 9.11. The molecule has 0 N–H and O–H groups in total. The van der Waals surface area contributed by atoms with Crippen LogP contribution in [0, 0.1) is 21.0 Å². The predicted molar refractivity (Wildman–Crippen MR) is 143 cm³/mol. The van der Waals surface area contributed by atoms with E-state index < -0.39 is 20.8 Å². The Labute approximate surface area is 217 Å². The number of hydrogen-bond acceptors (Lipinski definition) is 0. The molecule has 0 saturated carbocycles. The van der Waals surface area contributed by atoms with Crippen molar-refractivity contribution < 1.29 is 20.8 Å². The van der Waals surface area contributed by atoms with Gasteiger partial charge in [0.2, 0.25) is 0 Å². The van der Waals surface area contributed by atoms with Gasteiger partial charge in [-0.2, -0.15) is 12.1 Å². The van der Waals surface area contributed by atoms with Crippen molar-refractivity contribution in [1.29, 1.82) is 0 Å². The van der Waals surface area contributed by atoms with Crippen LogP contribution >= 0.6 is 62.2 Å². The van der Waals surface area contributed by atoms with Crippen LogP contribution < -0.4 is 0 Å². The Morgan fingerprint density at radius 2 is 1.11 bits per heavy atom. The quantitative estimate of drug-likeness (QED) is 0.0963. The molecule has 0 amide bonds. The van der Waals surface area contributed by atoms with E-state index in [1.807, 2.05) is 0 Å². The molecular formula is C22H22Cl2I2SiZr. The standard InChI is InChI=1S/2C10H8I.C2H6Si.2ClH.Zr/c2*1-7-5-8-3-2-4-10(11)9(8)6-7;1-3-2;;;/h2*2-6H,1H3;1-2H3;2*1H;/q2*-1;;;;+4/p-2. The molecule has 0 aliphatic rings. The van der Waals surface area contributed by atoms with Gasteiger partial charge in [0.1, 0.15) is 0 Å². The van der Waals surface area contributed by atoms with Crippen LogP contribution in [0.1, 0.15) is 11.1 Å². The van der Waals surface area contributed by atoms with E-state index in [1.165, 1.54) is 39.8 Å². The maximum absolute atomic E-state index is 4.93. The van der Waals surface area contributed by atoms with E-state index in [9.17, 15) is 0 Å². The van der Waals surface area contributed by atoms with Crippen molar-refractivity contribution in [1.82, 2.24) is 0 Å². The van der Waals surface area contributed by atoms with E-state index in [2.05, 4.69) is 133 Å². The molecule has 0 fully saturated rings. The zero-order chi connectivity index (χ0) is 21.1. The van der Waals surface area contributed by atoms with Crippen molar-refractivity contribution in [2.75, 3.05) is 0 Å². The summed E-state index contributed by atoms with van der Waals surface area (Å²) < 4.78 is 2.68. The summed E-state index contributed by atoms with van der Waals surface area (Å²) in [6.45, 7) is 8.58. The number of halogens is 4. The average molecular weight is 730 g/mol. The van der Waals surface area contributed by atoms with Crippen LogP contribution in [-0.2, 0) is 20.8 Å². The molecule has 0 saturated heterocycles. The third-order valence-electron chi connectivity index (χ3n) is 3.68. The Balaban J connectivity index is 0.000000220. The normalized spacial score (nSPS) is 9.43. The van der Waals surface area contributed by atoms with E-state index >= 15 is 0 Å². The monoisotopic (exact) mass is 728 g/mol. The van der Waals surface area contributed by atoms with Crippen molar-refractivity contribution in [3.8, 4) is 0 Å². The van der Waals surface area contributed by atoms with Crippen LogP contribution in [0.25, 0.3) is 21.5 Å². The summed E-state index contributed by atoms with van der Waals surface area (Å²) in [5, 5.41) is 5.47. The van der Waals surface area contributed by atoms with Gasteiger partial charge in [-0.05, 0) is 7.14 Å². The van der Waals surface area contributed by atoms with Crippen molar-refractivity contribution in [3.05, 3.63) is 78.9 Å². The van der Waals surface area contributed by atoms with Gasteiger partial charge in [-0.1, -0.05) is 84.3 Å². The average Bonchev–Trinajstić information content (AvgIpc) is 3.20. The number of fused-ring (bicyclic) bond motifs is 2. The van der Waals surface area contributed by atoms with Gasteiger partial charge in [-0.3, -0.25) is 0 Å². The molecule has 0 aliphatic carbocycles. The first-order chi connectivity index (χ1) is 13.4. The van der Waals surface area contributed by atoms with Crippen LogP contribution in [-0.4, -0.2) is 9.52 Å². The molecule has 0 spiro atoms. The van der Waals surface area contributed by atoms with Gasteiger partial charge in [0.25, 0.3) is 0 Å². The molecule has 4 aromatic carbocycles. The number of benzene rings is 2. The van der Waals surface area contributed by atoms with Gasteiger partial charge in [-0.15, -0.1) is 69.1 Å². The molecule has 146 valence electrons. The Kier molecular flexibility index (Phi) is 14.1. The van der Waals surface area contributed by atoms with Gasteiger partial charge >= 0.3 is 37.9 Å². The Hall–Kier alpha value is 0.800. The SMILES string of the molecule is C[Si]C.Cc1cc2c(I)cccc2[cH-]1.Cc1cc2c(I)cccc2[cH-]1.[Cl][Zr+2][Cl]. The Bertz CT molecular complexity index is 899. The minimum absolute atomic E-state index is 0.826. The van der Waals surface area contributed by atoms with E-state index in [0.29, 0.717) is 0 Å². The van der Waals surface area contributed by atoms with E-state index in [0.717, 1.165) is 9.52 Å². The summed E-state index contributed by atoms with van der Waals surface area (Å²) in [5.41, 5.74) is 2.70. The Morgan fingerprint density at radius 3 is 1.39 bits per heavy atom. The summed E-state index contributed by atoms with van der Waals surface area (Å²) in [7, 11) is 11.0. The van der Waals surface area contributed by atoms with E-state index in [-0.39, 0.29) is 0 Å². The van der Waals surface area contributed by atoms with Crippen molar-refractivity contribution in [3.63, 3.8) is 0 Å². The second kappa shape index (κ2) is 14.7. The molecule has 0 heterocycles. The molecular weight excluding hydrogens is 708 g/mol. The first kappa shape index (κ1) is 26.8. The molecule has 0 unspecified atom stereocenters. The minimum atomic E-state index is -0.826. The summed E-state index contributed by atoms with van der Waals surface area (Å²) in [5.74, 6) is 0. The fourth-order valence-electron chi connectivity index (χ4n) is 2.69. The maximum atomic E-state index is 4.93. The van der Waals surface area contributed by atoms with Crippen LogP contribution in [0.3, 0.4) is 0 Å². The molecule has 0 aliphatic heterocycles. The topological polar surface area (TPSA) is 0 Å². The molecule has 0 atom stereocenters. The van der Waals surface area contributed by atoms with Crippen molar-refractivity contribution in [2.24, 2.45) is 0 Å². The van der Waals surface area contributed by atoms with Crippen LogP contribution in [0.5, 0.6) is 0 Å². The van der Waals surface area contributed by atoms with Gasteiger partial charge in [0.15, 0.2) is 0 Å². The second-order valence-electron chi connectivity index (χ2n) is 6.12. The van der Waals surface area contributed by atoms with E-state index in [1.54, 1.807) is 0 Å². The van der Waals surface area contributed by atoms with Crippen molar-refractivity contribution >= 4 is 93.3 Å². The van der Waals surface area contributed by atoms with Crippen LogP contribution in [0.4, 0.5) is 0 Å². The van der Waals surface area contributed by atoms with Gasteiger partial charge in [0.05, 0.1) is 0 Å². The van der Waals surface area contributed by atoms with Gasteiger partial charge in [-0.25, -0.2) is 0 Å². The summed E-state index contributed by atoms with van der Waals surface area (Å²) in [6, 6.07) is 21.7. The second-order valence-corrected chi connectivity index (χ2v) is 13.2. The fourth-order valence-corrected chi connectivity index (χ4v) is 4.04. The molecule has 6 heteroatoms. The first-order valence-corrected chi connectivity index (χ1v) is 19.0. The van der Waals surface area contributed by atoms with Crippen LogP contribution in [0.15, 0.2) is 60.7 Å². The number of aryl methyl sites for hydroxylation is 2. The summed E-state index contributed by atoms with van der Waals surface area (Å²) in [6.07, 6.45) is 0. The Morgan fingerprint density at radius 1 is 0.786 bits per heavy atom. The zero-order valence-corrected chi connectivity index (χ0v) is 25.6. The third-order valence-corrected chi connectivity index (χ3v) is 5.57. The van der Waals surface area contributed by atoms with Gasteiger partial charge < -0.3 is 0 Å². The third kappa shape index (κ3) is 8.89. The zero-order valence-electron chi connectivity index (χ0n) is 16.3. The molecule has 0 bridgehead atoms. The molecule has 2 radical (unpaired) electrons. The molecule has 0 nitrogen and oxygen atoms in total. The number of rotatable bonds is 0. The summed E-state index contributed by atoms with van der Waals surface area (Å²) >= 11 is 3.92. The molecule has 4 aromatic rings. The molecule has 28 heavy (non-hydrogen) atoms. The summed E-state index contributed by atoms with van der Waals surface area (Å²) in [4.78, 5) is 0. The molecule has 4 rings (SSSR count). The van der Waals surface area contributed by atoms with Crippen LogP contribution in [0.2, 0.25) is 13.1 Å². The van der Waals surface area contributed by atoms with Crippen molar-refractivity contribution in [2.45, 2.75) is 26.9 Å².